The number of para-hydroxylation sites is 1. The molecule has 6 nitrogen and oxygen atoms in total. The van der Waals surface area contributed by atoms with Gasteiger partial charge in [-0.1, -0.05) is 41.9 Å². The number of hydrogen-bond acceptors (Lipinski definition) is 5. The Morgan fingerprint density at radius 3 is 2.54 bits per heavy atom. The number of carbonyl (C=O) groups is 1. The number of halogens is 1. The molecule has 0 spiro atoms. The van der Waals surface area contributed by atoms with Crippen LogP contribution in [0, 0.1) is 0 Å². The van der Waals surface area contributed by atoms with Crippen molar-refractivity contribution >= 4 is 27.3 Å². The zero-order chi connectivity index (χ0) is 20.1. The number of benzene rings is 2. The highest BCUT2D eigenvalue weighted by atomic mass is 35.5. The van der Waals surface area contributed by atoms with Gasteiger partial charge >= 0.3 is 0 Å². The van der Waals surface area contributed by atoms with Gasteiger partial charge in [0.15, 0.2) is 15.6 Å². The van der Waals surface area contributed by atoms with Gasteiger partial charge in [0.1, 0.15) is 22.2 Å². The molecule has 1 amide bonds. The van der Waals surface area contributed by atoms with E-state index in [-0.39, 0.29) is 34.5 Å². The zero-order valence-corrected chi connectivity index (χ0v) is 16.6. The minimum atomic E-state index is -3.70. The van der Waals surface area contributed by atoms with Crippen LogP contribution in [0.4, 0.5) is 0 Å². The molecule has 1 heterocycles. The Morgan fingerprint density at radius 1 is 1.07 bits per heavy atom. The van der Waals surface area contributed by atoms with E-state index in [1.807, 2.05) is 6.07 Å². The molecule has 3 aromatic rings. The predicted octanol–water partition coefficient (Wildman–Crippen LogP) is 3.85. The van der Waals surface area contributed by atoms with Gasteiger partial charge < -0.3 is 14.5 Å². The summed E-state index contributed by atoms with van der Waals surface area (Å²) >= 11 is 6.06. The molecular formula is C20H18ClNO5S. The van der Waals surface area contributed by atoms with Gasteiger partial charge in [-0.2, -0.15) is 0 Å². The van der Waals surface area contributed by atoms with E-state index in [4.69, 9.17) is 20.8 Å². The molecule has 146 valence electrons. The number of ether oxygens (including phenoxy) is 1. The van der Waals surface area contributed by atoms with Crippen LogP contribution in [0.5, 0.6) is 5.75 Å². The van der Waals surface area contributed by atoms with Crippen LogP contribution in [-0.2, 0) is 22.1 Å². The molecule has 1 N–H and O–H groups in total. The highest BCUT2D eigenvalue weighted by Crippen LogP contribution is 2.26. The number of amides is 1. The molecule has 0 bridgehead atoms. The van der Waals surface area contributed by atoms with Crippen LogP contribution in [-0.4, -0.2) is 21.4 Å². The fourth-order valence-electron chi connectivity index (χ4n) is 2.62. The molecule has 0 aliphatic rings. The van der Waals surface area contributed by atoms with E-state index >= 15 is 0 Å². The van der Waals surface area contributed by atoms with E-state index < -0.39 is 15.7 Å². The molecule has 28 heavy (non-hydrogen) atoms. The van der Waals surface area contributed by atoms with Gasteiger partial charge in [0.2, 0.25) is 0 Å². The van der Waals surface area contributed by atoms with Crippen molar-refractivity contribution in [1.82, 2.24) is 5.32 Å². The molecule has 8 heteroatoms. The van der Waals surface area contributed by atoms with Crippen molar-refractivity contribution in [2.75, 3.05) is 7.11 Å². The summed E-state index contributed by atoms with van der Waals surface area (Å²) in [5.41, 5.74) is 0.767. The molecule has 0 unspecified atom stereocenters. The lowest BCUT2D eigenvalue weighted by atomic mass is 10.2. The standard InChI is InChI=1S/C20H18ClNO5S/c1-26-17-8-4-5-9-19(17)28(24,25)13-15-10-11-18(27-15)20(23)22-12-14-6-2-3-7-16(14)21/h2-11H,12-13H2,1H3,(H,22,23). The number of methoxy groups -OCH3 is 1. The molecular weight excluding hydrogens is 402 g/mol. The molecule has 0 aliphatic heterocycles. The van der Waals surface area contributed by atoms with Gasteiger partial charge in [0, 0.05) is 11.6 Å². The average molecular weight is 420 g/mol. The molecule has 0 atom stereocenters. The average Bonchev–Trinajstić information content (AvgIpc) is 3.15. The van der Waals surface area contributed by atoms with Crippen molar-refractivity contribution in [2.24, 2.45) is 0 Å². The summed E-state index contributed by atoms with van der Waals surface area (Å²) in [7, 11) is -2.29. The Hall–Kier alpha value is -2.77. The van der Waals surface area contributed by atoms with Gasteiger partial charge in [0.05, 0.1) is 7.11 Å². The maximum Gasteiger partial charge on any atom is 0.287 e. The molecule has 2 aromatic carbocycles. The smallest absolute Gasteiger partial charge is 0.287 e. The number of nitrogens with one attached hydrogen (secondary N) is 1. The largest absolute Gasteiger partial charge is 0.495 e. The topological polar surface area (TPSA) is 85.6 Å². The third kappa shape index (κ3) is 4.55. The number of furan rings is 1. The predicted molar refractivity (Wildman–Crippen MR) is 105 cm³/mol. The second-order valence-corrected chi connectivity index (χ2v) is 8.32. The minimum Gasteiger partial charge on any atom is -0.495 e. The Balaban J connectivity index is 1.70. The van der Waals surface area contributed by atoms with Crippen molar-refractivity contribution in [3.63, 3.8) is 0 Å². The third-order valence-electron chi connectivity index (χ3n) is 4.02. The Labute approximate surface area is 168 Å². The Kier molecular flexibility index (Phi) is 6.06. The lowest BCUT2D eigenvalue weighted by Crippen LogP contribution is -2.22. The normalized spacial score (nSPS) is 11.2. The molecule has 0 saturated carbocycles. The summed E-state index contributed by atoms with van der Waals surface area (Å²) in [5, 5.41) is 3.24. The number of hydrogen-bond donors (Lipinski definition) is 1. The van der Waals surface area contributed by atoms with Gasteiger partial charge in [-0.15, -0.1) is 0 Å². The van der Waals surface area contributed by atoms with Gasteiger partial charge in [-0.25, -0.2) is 8.42 Å². The molecule has 1 aromatic heterocycles. The quantitative estimate of drug-likeness (QED) is 0.628. The monoisotopic (exact) mass is 419 g/mol. The van der Waals surface area contributed by atoms with Crippen LogP contribution in [0.3, 0.4) is 0 Å². The highest BCUT2D eigenvalue weighted by Gasteiger charge is 2.22. The maximum absolute atomic E-state index is 12.7. The Bertz CT molecular complexity index is 1090. The molecule has 0 aliphatic carbocycles. The summed E-state index contributed by atoms with van der Waals surface area (Å²) in [4.78, 5) is 12.3. The highest BCUT2D eigenvalue weighted by molar-refractivity contribution is 7.90. The number of rotatable bonds is 7. The first kappa shape index (κ1) is 20.0. The molecule has 0 saturated heterocycles. The van der Waals surface area contributed by atoms with Gasteiger partial charge in [0.25, 0.3) is 5.91 Å². The first-order valence-electron chi connectivity index (χ1n) is 8.37. The molecule has 0 fully saturated rings. The van der Waals surface area contributed by atoms with Crippen LogP contribution in [0.2, 0.25) is 5.02 Å². The third-order valence-corrected chi connectivity index (χ3v) is 6.06. The van der Waals surface area contributed by atoms with E-state index in [2.05, 4.69) is 5.32 Å². The number of sulfone groups is 1. The molecule has 0 radical (unpaired) electrons. The fraction of sp³-hybridized carbons (Fsp3) is 0.150. The second kappa shape index (κ2) is 8.50. The first-order chi connectivity index (χ1) is 13.4. The van der Waals surface area contributed by atoms with Crippen molar-refractivity contribution in [1.29, 1.82) is 0 Å². The van der Waals surface area contributed by atoms with Crippen LogP contribution in [0.25, 0.3) is 0 Å². The van der Waals surface area contributed by atoms with Crippen LogP contribution >= 0.6 is 11.6 Å². The van der Waals surface area contributed by atoms with Crippen molar-refractivity contribution in [3.05, 3.63) is 82.8 Å². The van der Waals surface area contributed by atoms with E-state index in [9.17, 15) is 13.2 Å². The first-order valence-corrected chi connectivity index (χ1v) is 10.4. The zero-order valence-electron chi connectivity index (χ0n) is 15.0. The van der Waals surface area contributed by atoms with Crippen LogP contribution < -0.4 is 10.1 Å². The van der Waals surface area contributed by atoms with Crippen molar-refractivity contribution in [3.8, 4) is 5.75 Å². The summed E-state index contributed by atoms with van der Waals surface area (Å²) in [6, 6.07) is 16.4. The Morgan fingerprint density at radius 2 is 1.79 bits per heavy atom. The van der Waals surface area contributed by atoms with Crippen LogP contribution in [0.1, 0.15) is 21.9 Å². The summed E-state index contributed by atoms with van der Waals surface area (Å²) < 4.78 is 35.8. The lowest BCUT2D eigenvalue weighted by Gasteiger charge is -2.08. The van der Waals surface area contributed by atoms with Crippen LogP contribution in [0.15, 0.2) is 70.0 Å². The lowest BCUT2D eigenvalue weighted by molar-refractivity contribution is 0.0921. The van der Waals surface area contributed by atoms with E-state index in [0.717, 1.165) is 5.56 Å². The molecule has 3 rings (SSSR count). The van der Waals surface area contributed by atoms with E-state index in [1.165, 1.54) is 25.3 Å². The van der Waals surface area contributed by atoms with E-state index in [1.54, 1.807) is 36.4 Å². The SMILES string of the molecule is COc1ccccc1S(=O)(=O)Cc1ccc(C(=O)NCc2ccccc2Cl)o1. The van der Waals surface area contributed by atoms with Crippen molar-refractivity contribution < 1.29 is 22.4 Å². The van der Waals surface area contributed by atoms with Gasteiger partial charge in [-0.3, -0.25) is 4.79 Å². The van der Waals surface area contributed by atoms with Gasteiger partial charge in [-0.05, 0) is 35.9 Å². The second-order valence-electron chi connectivity index (χ2n) is 5.95. The van der Waals surface area contributed by atoms with Crippen molar-refractivity contribution in [2.45, 2.75) is 17.2 Å². The summed E-state index contributed by atoms with van der Waals surface area (Å²) in [5.74, 6) is -0.399. The summed E-state index contributed by atoms with van der Waals surface area (Å²) in [6.45, 7) is 0.230. The minimum absolute atomic E-state index is 0.0253. The number of carbonyl (C=O) groups excluding carboxylic acids is 1. The summed E-state index contributed by atoms with van der Waals surface area (Å²) in [6.07, 6.45) is 0. The maximum atomic E-state index is 12.7. The van der Waals surface area contributed by atoms with E-state index in [0.29, 0.717) is 5.02 Å². The fourth-order valence-corrected chi connectivity index (χ4v) is 4.25.